The Labute approximate surface area is 226 Å². The molecule has 1 atom stereocenters. The molecule has 0 bridgehead atoms. The van der Waals surface area contributed by atoms with Crippen molar-refractivity contribution < 1.29 is 19.5 Å². The number of aryl methyl sites for hydroxylation is 1. The van der Waals surface area contributed by atoms with E-state index >= 15 is 0 Å². The minimum atomic E-state index is -0.541. The second-order valence-electron chi connectivity index (χ2n) is 9.23. The summed E-state index contributed by atoms with van der Waals surface area (Å²) in [6.07, 6.45) is 3.03. The number of hydrogen-bond acceptors (Lipinski definition) is 8. The summed E-state index contributed by atoms with van der Waals surface area (Å²) in [5.41, 5.74) is 4.68. The van der Waals surface area contributed by atoms with Crippen LogP contribution in [0.15, 0.2) is 76.0 Å². The molecule has 0 saturated heterocycles. The van der Waals surface area contributed by atoms with Gasteiger partial charge in [-0.1, -0.05) is 41.7 Å². The summed E-state index contributed by atoms with van der Waals surface area (Å²) in [7, 11) is 3.14. The van der Waals surface area contributed by atoms with E-state index in [4.69, 9.17) is 14.5 Å². The molecule has 2 aliphatic rings. The maximum absolute atomic E-state index is 13.9. The normalized spacial score (nSPS) is 16.2. The first kappa shape index (κ1) is 24.6. The van der Waals surface area contributed by atoms with Crippen molar-refractivity contribution in [3.8, 4) is 17.2 Å². The number of methoxy groups -OCH3 is 2. The van der Waals surface area contributed by atoms with Crippen molar-refractivity contribution in [2.75, 3.05) is 14.2 Å². The number of non-ortho nitro benzene ring substituents is 1. The predicted molar refractivity (Wildman–Crippen MR) is 147 cm³/mol. The predicted octanol–water partition coefficient (Wildman–Crippen LogP) is 3.95. The number of rotatable bonds is 5. The van der Waals surface area contributed by atoms with Gasteiger partial charge in [-0.15, -0.1) is 0 Å². The van der Waals surface area contributed by atoms with Crippen LogP contribution in [0.4, 0.5) is 5.69 Å². The van der Waals surface area contributed by atoms with Gasteiger partial charge >= 0.3 is 0 Å². The van der Waals surface area contributed by atoms with E-state index in [0.29, 0.717) is 20.8 Å². The lowest BCUT2D eigenvalue weighted by Gasteiger charge is -2.31. The van der Waals surface area contributed by atoms with E-state index in [1.54, 1.807) is 18.8 Å². The standard InChI is InChI=1S/C29H23N3O6S/c1-37-23-12-8-17(14-24(23)38-2)27-21-10-7-16-5-3-4-6-20(16)26(21)30-29-31(27)28(34)25(39-29)15-18-13-19(32(35)36)9-11-22(18)33/h3-6,8-9,11-15,27,33H,7,10H2,1-2H3/b25-15+/t27-/m0/s1. The maximum Gasteiger partial charge on any atom is 0.271 e. The largest absolute Gasteiger partial charge is 0.507 e. The fourth-order valence-electron chi connectivity index (χ4n) is 5.26. The number of ether oxygens (including phenoxy) is 2. The zero-order chi connectivity index (χ0) is 27.3. The molecule has 0 unspecified atom stereocenters. The molecule has 1 aliphatic heterocycles. The van der Waals surface area contributed by atoms with Gasteiger partial charge in [-0.05, 0) is 53.8 Å². The smallest absolute Gasteiger partial charge is 0.271 e. The van der Waals surface area contributed by atoms with Gasteiger partial charge in [-0.3, -0.25) is 19.5 Å². The summed E-state index contributed by atoms with van der Waals surface area (Å²) in [4.78, 5) is 30.1. The van der Waals surface area contributed by atoms with E-state index in [-0.39, 0.29) is 22.6 Å². The fourth-order valence-corrected chi connectivity index (χ4v) is 6.25. The lowest BCUT2D eigenvalue weighted by atomic mass is 9.83. The van der Waals surface area contributed by atoms with Crippen LogP contribution in [0, 0.1) is 10.1 Å². The molecule has 6 rings (SSSR count). The molecule has 1 aromatic heterocycles. The SMILES string of the molecule is COc1ccc([C@H]2C3=C(N=c4s/c(=C/c5cc([N+](=O)[O-])ccc5O)c(=O)n42)c2ccccc2CC3)cc1OC. The molecule has 3 aromatic carbocycles. The molecular formula is C29H23N3O6S. The quantitative estimate of drug-likeness (QED) is 0.302. The summed E-state index contributed by atoms with van der Waals surface area (Å²) in [6.45, 7) is 0. The Bertz CT molecular complexity index is 1870. The van der Waals surface area contributed by atoms with Gasteiger partial charge in [0.2, 0.25) is 0 Å². The van der Waals surface area contributed by atoms with Crippen LogP contribution >= 0.6 is 11.3 Å². The van der Waals surface area contributed by atoms with Crippen molar-refractivity contribution in [1.82, 2.24) is 4.57 Å². The first-order valence-electron chi connectivity index (χ1n) is 12.2. The van der Waals surface area contributed by atoms with E-state index in [9.17, 15) is 20.0 Å². The summed E-state index contributed by atoms with van der Waals surface area (Å²) < 4.78 is 13.0. The number of nitro groups is 1. The first-order valence-corrected chi connectivity index (χ1v) is 13.0. The zero-order valence-electron chi connectivity index (χ0n) is 21.1. The number of fused-ring (bicyclic) bond motifs is 3. The van der Waals surface area contributed by atoms with E-state index < -0.39 is 11.0 Å². The average Bonchev–Trinajstić information content (AvgIpc) is 3.26. The Kier molecular flexibility index (Phi) is 6.03. The number of aromatic hydroxyl groups is 1. The molecule has 10 heteroatoms. The number of phenols is 1. The number of benzene rings is 3. The number of nitro benzene ring substituents is 1. The molecule has 2 heterocycles. The number of aromatic nitrogens is 1. The highest BCUT2D eigenvalue weighted by atomic mass is 32.1. The van der Waals surface area contributed by atoms with Crippen LogP contribution < -0.4 is 24.4 Å². The molecule has 196 valence electrons. The summed E-state index contributed by atoms with van der Waals surface area (Å²) >= 11 is 1.18. The molecular weight excluding hydrogens is 518 g/mol. The summed E-state index contributed by atoms with van der Waals surface area (Å²) in [5.74, 6) is 0.975. The lowest BCUT2D eigenvalue weighted by molar-refractivity contribution is -0.384. The minimum absolute atomic E-state index is 0.156. The molecule has 0 fully saturated rings. The third-order valence-corrected chi connectivity index (χ3v) is 8.09. The molecule has 0 radical (unpaired) electrons. The van der Waals surface area contributed by atoms with Crippen molar-refractivity contribution in [1.29, 1.82) is 0 Å². The van der Waals surface area contributed by atoms with E-state index in [2.05, 4.69) is 12.1 Å². The summed E-state index contributed by atoms with van der Waals surface area (Å²) in [5, 5.41) is 21.7. The van der Waals surface area contributed by atoms with Gasteiger partial charge in [0.25, 0.3) is 11.2 Å². The molecule has 9 nitrogen and oxygen atoms in total. The van der Waals surface area contributed by atoms with Crippen molar-refractivity contribution in [3.05, 3.63) is 118 Å². The molecule has 1 aliphatic carbocycles. The van der Waals surface area contributed by atoms with E-state index in [0.717, 1.165) is 35.2 Å². The number of hydrogen-bond donors (Lipinski definition) is 1. The monoisotopic (exact) mass is 541 g/mol. The zero-order valence-corrected chi connectivity index (χ0v) is 21.9. The van der Waals surface area contributed by atoms with Gasteiger partial charge in [-0.25, -0.2) is 4.99 Å². The Morgan fingerprint density at radius 3 is 2.64 bits per heavy atom. The number of phenolic OH excluding ortho intramolecular Hbond substituents is 1. The first-order chi connectivity index (χ1) is 18.9. The molecule has 1 N–H and O–H groups in total. The van der Waals surface area contributed by atoms with Crippen LogP contribution in [0.2, 0.25) is 0 Å². The lowest BCUT2D eigenvalue weighted by Crippen LogP contribution is -2.38. The molecule has 0 spiro atoms. The third-order valence-electron chi connectivity index (χ3n) is 7.10. The maximum atomic E-state index is 13.9. The van der Waals surface area contributed by atoms with Crippen molar-refractivity contribution in [2.24, 2.45) is 4.99 Å². The highest BCUT2D eigenvalue weighted by molar-refractivity contribution is 7.07. The second kappa shape index (κ2) is 9.55. The van der Waals surface area contributed by atoms with Crippen LogP contribution in [0.1, 0.15) is 34.7 Å². The molecule has 0 saturated carbocycles. The molecule has 4 aromatic rings. The minimum Gasteiger partial charge on any atom is -0.507 e. The highest BCUT2D eigenvalue weighted by Crippen LogP contribution is 2.42. The Balaban J connectivity index is 1.62. The van der Waals surface area contributed by atoms with Crippen molar-refractivity contribution in [3.63, 3.8) is 0 Å². The van der Waals surface area contributed by atoms with Crippen LogP contribution in [0.25, 0.3) is 11.8 Å². The molecule has 39 heavy (non-hydrogen) atoms. The van der Waals surface area contributed by atoms with Gasteiger partial charge in [0.15, 0.2) is 16.3 Å². The van der Waals surface area contributed by atoms with Gasteiger partial charge in [0.1, 0.15) is 5.75 Å². The average molecular weight is 542 g/mol. The van der Waals surface area contributed by atoms with Gasteiger partial charge in [-0.2, -0.15) is 0 Å². The Morgan fingerprint density at radius 1 is 1.08 bits per heavy atom. The van der Waals surface area contributed by atoms with Gasteiger partial charge in [0.05, 0.1) is 35.4 Å². The van der Waals surface area contributed by atoms with Crippen molar-refractivity contribution in [2.45, 2.75) is 18.9 Å². The molecule has 0 amide bonds. The summed E-state index contributed by atoms with van der Waals surface area (Å²) in [6, 6.07) is 17.0. The highest BCUT2D eigenvalue weighted by Gasteiger charge is 2.33. The Morgan fingerprint density at radius 2 is 1.87 bits per heavy atom. The van der Waals surface area contributed by atoms with Crippen LogP contribution in [-0.2, 0) is 6.42 Å². The number of allylic oxidation sites excluding steroid dienone is 1. The van der Waals surface area contributed by atoms with Crippen LogP contribution in [0.3, 0.4) is 0 Å². The van der Waals surface area contributed by atoms with E-state index in [1.807, 2.05) is 30.3 Å². The van der Waals surface area contributed by atoms with Crippen LogP contribution in [0.5, 0.6) is 17.2 Å². The number of thiazole rings is 1. The fraction of sp³-hybridized carbons (Fsp3) is 0.172. The van der Waals surface area contributed by atoms with Crippen LogP contribution in [-0.4, -0.2) is 28.8 Å². The van der Waals surface area contributed by atoms with Gasteiger partial charge in [0, 0.05) is 23.3 Å². The third kappa shape index (κ3) is 4.09. The van der Waals surface area contributed by atoms with Gasteiger partial charge < -0.3 is 14.6 Å². The topological polar surface area (TPSA) is 116 Å². The van der Waals surface area contributed by atoms with Crippen molar-refractivity contribution >= 4 is 28.8 Å². The number of nitrogens with zero attached hydrogens (tertiary/aromatic N) is 3. The Hall–Kier alpha value is -4.70. The van der Waals surface area contributed by atoms with E-state index in [1.165, 1.54) is 41.2 Å². The second-order valence-corrected chi connectivity index (χ2v) is 10.2.